The van der Waals surface area contributed by atoms with Crippen molar-refractivity contribution in [2.45, 2.75) is 0 Å². The lowest BCUT2D eigenvalue weighted by Gasteiger charge is -2.09. The van der Waals surface area contributed by atoms with Crippen LogP contribution in [0.3, 0.4) is 0 Å². The fourth-order valence-corrected chi connectivity index (χ4v) is 2.42. The molecule has 0 aromatic heterocycles. The zero-order valence-electron chi connectivity index (χ0n) is 9.98. The third-order valence-corrected chi connectivity index (χ3v) is 3.44. The average Bonchev–Trinajstić information content (AvgIpc) is 2.40. The zero-order valence-corrected chi connectivity index (χ0v) is 13.2. The highest BCUT2D eigenvalue weighted by Crippen LogP contribution is 2.33. The van der Waals surface area contributed by atoms with Crippen LogP contribution in [0.1, 0.15) is 5.56 Å². The SMILES string of the molecule is COc1ccc(Oc2cc(Br)cc(C#N)c2)c(Br)c1. The molecule has 0 saturated carbocycles. The van der Waals surface area contributed by atoms with E-state index in [1.165, 1.54) is 0 Å². The summed E-state index contributed by atoms with van der Waals surface area (Å²) in [5.74, 6) is 1.99. The number of halogens is 2. The zero-order chi connectivity index (χ0) is 13.8. The van der Waals surface area contributed by atoms with E-state index in [9.17, 15) is 0 Å². The quantitative estimate of drug-likeness (QED) is 0.759. The smallest absolute Gasteiger partial charge is 0.141 e. The largest absolute Gasteiger partial charge is 0.497 e. The summed E-state index contributed by atoms with van der Waals surface area (Å²) in [7, 11) is 1.61. The predicted molar refractivity (Wildman–Crippen MR) is 79.6 cm³/mol. The van der Waals surface area contributed by atoms with Crippen LogP contribution >= 0.6 is 31.9 Å². The van der Waals surface area contributed by atoms with Crippen molar-refractivity contribution in [1.29, 1.82) is 5.26 Å². The van der Waals surface area contributed by atoms with Gasteiger partial charge in [0.25, 0.3) is 0 Å². The molecule has 2 aromatic rings. The van der Waals surface area contributed by atoms with Crippen LogP contribution in [0.4, 0.5) is 0 Å². The fraction of sp³-hybridized carbons (Fsp3) is 0.0714. The highest BCUT2D eigenvalue weighted by Gasteiger charge is 2.06. The molecule has 0 amide bonds. The summed E-state index contributed by atoms with van der Waals surface area (Å²) in [6.45, 7) is 0. The van der Waals surface area contributed by atoms with E-state index in [0.717, 1.165) is 14.7 Å². The molecule has 3 nitrogen and oxygen atoms in total. The van der Waals surface area contributed by atoms with Crippen molar-refractivity contribution in [2.24, 2.45) is 0 Å². The van der Waals surface area contributed by atoms with E-state index in [4.69, 9.17) is 14.7 Å². The lowest BCUT2D eigenvalue weighted by atomic mass is 10.2. The van der Waals surface area contributed by atoms with Gasteiger partial charge in [0.2, 0.25) is 0 Å². The van der Waals surface area contributed by atoms with E-state index >= 15 is 0 Å². The normalized spacial score (nSPS) is 9.79. The van der Waals surface area contributed by atoms with Crippen molar-refractivity contribution in [1.82, 2.24) is 0 Å². The van der Waals surface area contributed by atoms with Gasteiger partial charge in [0.05, 0.1) is 23.2 Å². The molecule has 5 heteroatoms. The number of nitriles is 1. The van der Waals surface area contributed by atoms with Crippen LogP contribution in [-0.2, 0) is 0 Å². The molecule has 0 heterocycles. The molecule has 96 valence electrons. The van der Waals surface area contributed by atoms with E-state index < -0.39 is 0 Å². The third-order valence-electron chi connectivity index (χ3n) is 2.37. The molecule has 0 bridgehead atoms. The average molecular weight is 383 g/mol. The summed E-state index contributed by atoms with van der Waals surface area (Å²) in [5, 5.41) is 8.92. The first-order valence-corrected chi connectivity index (χ1v) is 6.93. The number of benzene rings is 2. The molecule has 0 N–H and O–H groups in total. The van der Waals surface area contributed by atoms with E-state index in [1.54, 1.807) is 31.4 Å². The van der Waals surface area contributed by atoms with Crippen LogP contribution in [0.2, 0.25) is 0 Å². The van der Waals surface area contributed by atoms with Gasteiger partial charge in [0.1, 0.15) is 17.2 Å². The lowest BCUT2D eigenvalue weighted by molar-refractivity contribution is 0.412. The number of hydrogen-bond donors (Lipinski definition) is 0. The molecule has 19 heavy (non-hydrogen) atoms. The van der Waals surface area contributed by atoms with Crippen LogP contribution in [0.5, 0.6) is 17.2 Å². The molecule has 0 atom stereocenters. The van der Waals surface area contributed by atoms with Crippen molar-refractivity contribution >= 4 is 31.9 Å². The van der Waals surface area contributed by atoms with Gasteiger partial charge in [-0.3, -0.25) is 0 Å². The monoisotopic (exact) mass is 381 g/mol. The molecule has 0 aliphatic rings. The van der Waals surface area contributed by atoms with Gasteiger partial charge in [-0.15, -0.1) is 0 Å². The summed E-state index contributed by atoms with van der Waals surface area (Å²) in [6, 6.07) is 12.7. The standard InChI is InChI=1S/C14H9Br2NO2/c1-18-11-2-3-14(13(16)7-11)19-12-5-9(8-17)4-10(15)6-12/h2-7H,1H3. The summed E-state index contributed by atoms with van der Waals surface area (Å²) in [5.41, 5.74) is 0.536. The van der Waals surface area contributed by atoms with Crippen LogP contribution in [0, 0.1) is 11.3 Å². The first-order valence-electron chi connectivity index (χ1n) is 5.34. The Hall–Kier alpha value is -1.51. The summed E-state index contributed by atoms with van der Waals surface area (Å²) < 4.78 is 12.4. The number of nitrogens with zero attached hydrogens (tertiary/aromatic N) is 1. The number of hydrogen-bond acceptors (Lipinski definition) is 3. The minimum absolute atomic E-state index is 0.536. The Labute approximate surface area is 128 Å². The summed E-state index contributed by atoms with van der Waals surface area (Å²) >= 11 is 6.76. The summed E-state index contributed by atoms with van der Waals surface area (Å²) in [4.78, 5) is 0. The second-order valence-corrected chi connectivity index (χ2v) is 5.46. The molecule has 0 aliphatic heterocycles. The van der Waals surface area contributed by atoms with Crippen LogP contribution in [0.25, 0.3) is 0 Å². The van der Waals surface area contributed by atoms with Gasteiger partial charge in [-0.25, -0.2) is 0 Å². The second kappa shape index (κ2) is 6.09. The molecule has 0 fully saturated rings. The minimum atomic E-state index is 0.536. The second-order valence-electron chi connectivity index (χ2n) is 3.69. The molecule has 2 aromatic carbocycles. The van der Waals surface area contributed by atoms with Crippen molar-refractivity contribution in [3.8, 4) is 23.3 Å². The first-order chi connectivity index (χ1) is 9.12. The molecule has 0 aliphatic carbocycles. The predicted octanol–water partition coefficient (Wildman–Crippen LogP) is 4.88. The van der Waals surface area contributed by atoms with Gasteiger partial charge >= 0.3 is 0 Å². The molecule has 0 spiro atoms. The molecular weight excluding hydrogens is 374 g/mol. The van der Waals surface area contributed by atoms with Gasteiger partial charge in [-0.05, 0) is 52.3 Å². The number of rotatable bonds is 3. The van der Waals surface area contributed by atoms with Crippen molar-refractivity contribution in [3.63, 3.8) is 0 Å². The van der Waals surface area contributed by atoms with Crippen molar-refractivity contribution in [2.75, 3.05) is 7.11 Å². The molecule has 0 unspecified atom stereocenters. The Morgan fingerprint density at radius 2 is 1.84 bits per heavy atom. The molecule has 2 rings (SSSR count). The van der Waals surface area contributed by atoms with E-state index in [0.29, 0.717) is 17.1 Å². The Balaban J connectivity index is 2.31. The Morgan fingerprint density at radius 3 is 2.47 bits per heavy atom. The summed E-state index contributed by atoms with van der Waals surface area (Å²) in [6.07, 6.45) is 0. The Morgan fingerprint density at radius 1 is 1.05 bits per heavy atom. The molecule has 0 saturated heterocycles. The first kappa shape index (κ1) is 13.9. The van der Waals surface area contributed by atoms with E-state index in [1.807, 2.05) is 12.1 Å². The molecular formula is C14H9Br2NO2. The Bertz CT molecular complexity index is 650. The van der Waals surface area contributed by atoms with Crippen molar-refractivity contribution < 1.29 is 9.47 Å². The number of ether oxygens (including phenoxy) is 2. The van der Waals surface area contributed by atoms with E-state index in [2.05, 4.69) is 37.9 Å². The van der Waals surface area contributed by atoms with Gasteiger partial charge in [-0.1, -0.05) is 15.9 Å². The fourth-order valence-electron chi connectivity index (χ4n) is 1.50. The van der Waals surface area contributed by atoms with Crippen LogP contribution in [0.15, 0.2) is 45.3 Å². The highest BCUT2D eigenvalue weighted by atomic mass is 79.9. The molecule has 0 radical (unpaired) electrons. The van der Waals surface area contributed by atoms with Gasteiger partial charge in [0.15, 0.2) is 0 Å². The lowest BCUT2D eigenvalue weighted by Crippen LogP contribution is -1.88. The minimum Gasteiger partial charge on any atom is -0.497 e. The van der Waals surface area contributed by atoms with E-state index in [-0.39, 0.29) is 0 Å². The Kier molecular flexibility index (Phi) is 4.46. The van der Waals surface area contributed by atoms with Gasteiger partial charge in [0, 0.05) is 4.47 Å². The third kappa shape index (κ3) is 3.49. The maximum absolute atomic E-state index is 8.92. The van der Waals surface area contributed by atoms with Gasteiger partial charge < -0.3 is 9.47 Å². The van der Waals surface area contributed by atoms with Crippen molar-refractivity contribution in [3.05, 3.63) is 50.9 Å². The van der Waals surface area contributed by atoms with Crippen LogP contribution < -0.4 is 9.47 Å². The topological polar surface area (TPSA) is 42.2 Å². The maximum Gasteiger partial charge on any atom is 0.141 e. The maximum atomic E-state index is 8.92. The van der Waals surface area contributed by atoms with Crippen LogP contribution in [-0.4, -0.2) is 7.11 Å². The highest BCUT2D eigenvalue weighted by molar-refractivity contribution is 9.10. The number of methoxy groups -OCH3 is 1. The van der Waals surface area contributed by atoms with Gasteiger partial charge in [-0.2, -0.15) is 5.26 Å².